The first-order valence-electron chi connectivity index (χ1n) is 5.79. The molecule has 1 aliphatic rings. The van der Waals surface area contributed by atoms with Crippen LogP contribution in [0.15, 0.2) is 12.1 Å². The highest BCUT2D eigenvalue weighted by atomic mass is 127. The minimum absolute atomic E-state index is 0.0660. The van der Waals surface area contributed by atoms with E-state index in [1.54, 1.807) is 22.6 Å². The minimum atomic E-state index is -0.479. The topological polar surface area (TPSA) is 55.2 Å². The van der Waals surface area contributed by atoms with Crippen LogP contribution in [0.2, 0.25) is 0 Å². The normalized spacial score (nSPS) is 17.1. The monoisotopic (exact) mass is 364 g/mol. The van der Waals surface area contributed by atoms with Gasteiger partial charge < -0.3 is 5.32 Å². The Morgan fingerprint density at radius 1 is 1.56 bits per heavy atom. The molecule has 18 heavy (non-hydrogen) atoms. The van der Waals surface area contributed by atoms with Gasteiger partial charge in [0.1, 0.15) is 11.5 Å². The summed E-state index contributed by atoms with van der Waals surface area (Å²) < 4.78 is 13.7. The fourth-order valence-electron chi connectivity index (χ4n) is 2.09. The smallest absolute Gasteiger partial charge is 0.293 e. The van der Waals surface area contributed by atoms with E-state index < -0.39 is 10.7 Å². The lowest BCUT2D eigenvalue weighted by Gasteiger charge is -2.38. The number of anilines is 1. The summed E-state index contributed by atoms with van der Waals surface area (Å²) in [5.41, 5.74) is 0.391. The third-order valence-corrected chi connectivity index (χ3v) is 4.33. The Balaban J connectivity index is 2.20. The van der Waals surface area contributed by atoms with Gasteiger partial charge in [-0.1, -0.05) is 13.3 Å². The molecule has 0 saturated heterocycles. The maximum Gasteiger partial charge on any atom is 0.293 e. The summed E-state index contributed by atoms with van der Waals surface area (Å²) in [4.78, 5) is 10.5. The zero-order chi connectivity index (χ0) is 13.3. The molecule has 0 radical (unpaired) electrons. The maximum atomic E-state index is 13.5. The summed E-state index contributed by atoms with van der Waals surface area (Å²) in [6.07, 6.45) is 3.42. The molecule has 1 aromatic rings. The Hall–Kier alpha value is -0.920. The van der Waals surface area contributed by atoms with E-state index in [0.29, 0.717) is 6.54 Å². The maximum absolute atomic E-state index is 13.5. The first-order valence-corrected chi connectivity index (χ1v) is 6.86. The Labute approximate surface area is 118 Å². The summed E-state index contributed by atoms with van der Waals surface area (Å²) >= 11 is 1.76. The van der Waals surface area contributed by atoms with Crippen LogP contribution in [0.25, 0.3) is 0 Å². The Bertz CT molecular complexity index is 489. The number of nitro benzene ring substituents is 1. The standard InChI is InChI=1S/C12H14FIN2O2/c1-12(3-2-4-12)7-15-10-5-8(13)9(14)6-11(10)16(17)18/h5-6,15H,2-4,7H2,1H3. The second-order valence-corrected chi connectivity index (χ2v) is 6.22. The van der Waals surface area contributed by atoms with E-state index in [1.165, 1.54) is 18.6 Å². The molecular formula is C12H14FIN2O2. The molecule has 4 nitrogen and oxygen atoms in total. The number of nitrogens with zero attached hydrogens (tertiary/aromatic N) is 1. The van der Waals surface area contributed by atoms with Gasteiger partial charge in [0.05, 0.1) is 8.49 Å². The van der Waals surface area contributed by atoms with Crippen LogP contribution in [-0.2, 0) is 0 Å². The molecule has 0 bridgehead atoms. The molecule has 1 aliphatic carbocycles. The van der Waals surface area contributed by atoms with Crippen LogP contribution in [-0.4, -0.2) is 11.5 Å². The highest BCUT2D eigenvalue weighted by Gasteiger charge is 2.32. The van der Waals surface area contributed by atoms with Crippen molar-refractivity contribution < 1.29 is 9.31 Å². The molecule has 0 unspecified atom stereocenters. The van der Waals surface area contributed by atoms with Gasteiger partial charge in [0.2, 0.25) is 0 Å². The van der Waals surface area contributed by atoms with E-state index in [2.05, 4.69) is 12.2 Å². The fraction of sp³-hybridized carbons (Fsp3) is 0.500. The average molecular weight is 364 g/mol. The second-order valence-electron chi connectivity index (χ2n) is 5.06. The largest absolute Gasteiger partial charge is 0.379 e. The first kappa shape index (κ1) is 13.5. The number of rotatable bonds is 4. The highest BCUT2D eigenvalue weighted by molar-refractivity contribution is 14.1. The van der Waals surface area contributed by atoms with Crippen molar-refractivity contribution in [1.82, 2.24) is 0 Å². The van der Waals surface area contributed by atoms with Gasteiger partial charge >= 0.3 is 0 Å². The average Bonchev–Trinajstić information content (AvgIpc) is 2.27. The SMILES string of the molecule is CC1(CNc2cc(F)c(I)cc2[N+](=O)[O-])CCC1. The first-order chi connectivity index (χ1) is 8.41. The van der Waals surface area contributed by atoms with Crippen LogP contribution >= 0.6 is 22.6 Å². The molecule has 1 N–H and O–H groups in total. The van der Waals surface area contributed by atoms with Crippen molar-refractivity contribution in [1.29, 1.82) is 0 Å². The van der Waals surface area contributed by atoms with Crippen LogP contribution in [0.3, 0.4) is 0 Å². The quantitative estimate of drug-likeness (QED) is 0.500. The zero-order valence-electron chi connectivity index (χ0n) is 10.0. The lowest BCUT2D eigenvalue weighted by molar-refractivity contribution is -0.384. The molecule has 1 fully saturated rings. The van der Waals surface area contributed by atoms with Crippen molar-refractivity contribution in [2.75, 3.05) is 11.9 Å². The van der Waals surface area contributed by atoms with Gasteiger partial charge in [0.15, 0.2) is 0 Å². The lowest BCUT2D eigenvalue weighted by atomic mass is 9.70. The Morgan fingerprint density at radius 2 is 2.22 bits per heavy atom. The van der Waals surface area contributed by atoms with Gasteiger partial charge in [-0.25, -0.2) is 4.39 Å². The van der Waals surface area contributed by atoms with Crippen LogP contribution < -0.4 is 5.32 Å². The molecule has 0 aromatic heterocycles. The van der Waals surface area contributed by atoms with Crippen LogP contribution in [0.1, 0.15) is 26.2 Å². The van der Waals surface area contributed by atoms with Crippen molar-refractivity contribution in [2.45, 2.75) is 26.2 Å². The number of hydrogen-bond donors (Lipinski definition) is 1. The third-order valence-electron chi connectivity index (χ3n) is 3.50. The van der Waals surface area contributed by atoms with Gasteiger partial charge in [-0.05, 0) is 40.8 Å². The molecule has 6 heteroatoms. The van der Waals surface area contributed by atoms with Gasteiger partial charge in [0.25, 0.3) is 5.69 Å². The molecule has 0 heterocycles. The second kappa shape index (κ2) is 4.99. The molecule has 0 atom stereocenters. The highest BCUT2D eigenvalue weighted by Crippen LogP contribution is 2.41. The summed E-state index contributed by atoms with van der Waals surface area (Å²) in [6, 6.07) is 2.48. The van der Waals surface area contributed by atoms with Crippen LogP contribution in [0.4, 0.5) is 15.8 Å². The van der Waals surface area contributed by atoms with E-state index >= 15 is 0 Å². The van der Waals surface area contributed by atoms with Crippen LogP contribution in [0, 0.1) is 24.9 Å². The molecular weight excluding hydrogens is 350 g/mol. The van der Waals surface area contributed by atoms with Crippen molar-refractivity contribution in [3.05, 3.63) is 31.6 Å². The fourth-order valence-corrected chi connectivity index (χ4v) is 2.55. The summed E-state index contributed by atoms with van der Waals surface area (Å²) in [5.74, 6) is -0.428. The minimum Gasteiger partial charge on any atom is -0.379 e. The number of nitrogens with one attached hydrogen (secondary N) is 1. The summed E-state index contributed by atoms with van der Waals surface area (Å²) in [7, 11) is 0. The van der Waals surface area contributed by atoms with E-state index in [0.717, 1.165) is 12.8 Å². The molecule has 1 saturated carbocycles. The summed E-state index contributed by atoms with van der Waals surface area (Å²) in [6.45, 7) is 2.78. The van der Waals surface area contributed by atoms with Crippen molar-refractivity contribution in [3.8, 4) is 0 Å². The van der Waals surface area contributed by atoms with Gasteiger partial charge in [0, 0.05) is 18.7 Å². The number of hydrogen-bond acceptors (Lipinski definition) is 3. The molecule has 0 amide bonds. The number of benzene rings is 1. The number of nitro groups is 1. The number of halogens is 2. The predicted molar refractivity (Wildman–Crippen MR) is 76.2 cm³/mol. The van der Waals surface area contributed by atoms with E-state index in [4.69, 9.17) is 0 Å². The molecule has 1 aromatic carbocycles. The molecule has 2 rings (SSSR count). The van der Waals surface area contributed by atoms with Crippen LogP contribution in [0.5, 0.6) is 0 Å². The Kier molecular flexibility index (Phi) is 3.74. The van der Waals surface area contributed by atoms with E-state index in [1.807, 2.05) is 0 Å². The Morgan fingerprint density at radius 3 is 2.72 bits per heavy atom. The lowest BCUT2D eigenvalue weighted by Crippen LogP contribution is -2.33. The predicted octanol–water partition coefficient (Wildman–Crippen LogP) is 3.94. The van der Waals surface area contributed by atoms with Gasteiger partial charge in [-0.15, -0.1) is 0 Å². The van der Waals surface area contributed by atoms with E-state index in [9.17, 15) is 14.5 Å². The van der Waals surface area contributed by atoms with Crippen molar-refractivity contribution in [2.24, 2.45) is 5.41 Å². The molecule has 0 spiro atoms. The molecule has 0 aliphatic heterocycles. The third kappa shape index (κ3) is 2.73. The van der Waals surface area contributed by atoms with Gasteiger partial charge in [-0.3, -0.25) is 10.1 Å². The zero-order valence-corrected chi connectivity index (χ0v) is 12.2. The van der Waals surface area contributed by atoms with E-state index in [-0.39, 0.29) is 20.4 Å². The van der Waals surface area contributed by atoms with Crippen molar-refractivity contribution in [3.63, 3.8) is 0 Å². The molecule has 98 valence electrons. The summed E-state index contributed by atoms with van der Waals surface area (Å²) in [5, 5.41) is 14.0. The van der Waals surface area contributed by atoms with Crippen molar-refractivity contribution >= 4 is 34.0 Å². The van der Waals surface area contributed by atoms with Gasteiger partial charge in [-0.2, -0.15) is 0 Å².